The second kappa shape index (κ2) is 7.49. The summed E-state index contributed by atoms with van der Waals surface area (Å²) in [6, 6.07) is 13.2. The van der Waals surface area contributed by atoms with Crippen molar-refractivity contribution in [3.63, 3.8) is 0 Å². The van der Waals surface area contributed by atoms with Gasteiger partial charge in [0.05, 0.1) is 10.6 Å². The molecule has 0 heterocycles. The minimum atomic E-state index is -3.62. The van der Waals surface area contributed by atoms with Gasteiger partial charge in [0.25, 0.3) is 15.9 Å². The molecule has 0 aliphatic heterocycles. The Morgan fingerprint density at radius 2 is 1.62 bits per heavy atom. The van der Waals surface area contributed by atoms with Crippen LogP contribution in [0.2, 0.25) is 0 Å². The number of anilines is 1. The molecule has 0 unspecified atom stereocenters. The van der Waals surface area contributed by atoms with Gasteiger partial charge >= 0.3 is 0 Å². The third kappa shape index (κ3) is 3.94. The molecule has 0 fully saturated rings. The number of sulfonamides is 1. The molecule has 0 radical (unpaired) electrons. The van der Waals surface area contributed by atoms with Crippen molar-refractivity contribution in [1.82, 2.24) is 5.32 Å². The van der Waals surface area contributed by atoms with Crippen molar-refractivity contribution in [2.75, 3.05) is 17.9 Å². The molecule has 5 nitrogen and oxygen atoms in total. The largest absolute Gasteiger partial charge is 0.352 e. The molecule has 0 aliphatic rings. The van der Waals surface area contributed by atoms with Crippen molar-refractivity contribution in [1.29, 1.82) is 0 Å². The normalized spacial score (nSPS) is 11.1. The Morgan fingerprint density at radius 3 is 2.17 bits per heavy atom. The first-order valence-electron chi connectivity index (χ1n) is 7.80. The minimum absolute atomic E-state index is 0.160. The van der Waals surface area contributed by atoms with Gasteiger partial charge in [-0.3, -0.25) is 9.10 Å². The summed E-state index contributed by atoms with van der Waals surface area (Å²) < 4.78 is 26.5. The molecule has 0 bridgehead atoms. The quantitative estimate of drug-likeness (QED) is 0.874. The molecular formula is C18H22N2O3S. The van der Waals surface area contributed by atoms with Crippen molar-refractivity contribution < 1.29 is 13.2 Å². The predicted octanol–water partition coefficient (Wildman–Crippen LogP) is 2.96. The van der Waals surface area contributed by atoms with Gasteiger partial charge in [-0.2, -0.15) is 0 Å². The van der Waals surface area contributed by atoms with E-state index >= 15 is 0 Å². The zero-order valence-electron chi connectivity index (χ0n) is 14.1. The maximum atomic E-state index is 12.7. The van der Waals surface area contributed by atoms with Gasteiger partial charge in [0.2, 0.25) is 0 Å². The molecule has 6 heteroatoms. The molecule has 0 aliphatic carbocycles. The number of carbonyl (C=O) groups excluding carboxylic acids is 1. The lowest BCUT2D eigenvalue weighted by Crippen LogP contribution is -2.27. The predicted molar refractivity (Wildman–Crippen MR) is 95.8 cm³/mol. The van der Waals surface area contributed by atoms with E-state index in [4.69, 9.17) is 0 Å². The summed E-state index contributed by atoms with van der Waals surface area (Å²) in [4.78, 5) is 12.1. The van der Waals surface area contributed by atoms with Crippen LogP contribution in [0.25, 0.3) is 0 Å². The van der Waals surface area contributed by atoms with Gasteiger partial charge in [-0.15, -0.1) is 0 Å². The maximum absolute atomic E-state index is 12.7. The van der Waals surface area contributed by atoms with E-state index in [2.05, 4.69) is 5.32 Å². The van der Waals surface area contributed by atoms with Gasteiger partial charge in [-0.1, -0.05) is 24.6 Å². The molecule has 2 aromatic rings. The molecule has 128 valence electrons. The first-order chi connectivity index (χ1) is 11.4. The number of benzene rings is 2. The molecule has 0 saturated carbocycles. The Morgan fingerprint density at radius 1 is 1.04 bits per heavy atom. The van der Waals surface area contributed by atoms with E-state index in [0.717, 1.165) is 12.0 Å². The average molecular weight is 346 g/mol. The van der Waals surface area contributed by atoms with Crippen LogP contribution < -0.4 is 9.62 Å². The summed E-state index contributed by atoms with van der Waals surface area (Å²) >= 11 is 0. The van der Waals surface area contributed by atoms with Crippen LogP contribution in [0.4, 0.5) is 5.69 Å². The highest BCUT2D eigenvalue weighted by Crippen LogP contribution is 2.22. The number of hydrogen-bond donors (Lipinski definition) is 1. The van der Waals surface area contributed by atoms with Crippen molar-refractivity contribution in [2.24, 2.45) is 0 Å². The minimum Gasteiger partial charge on any atom is -0.352 e. The lowest BCUT2D eigenvalue weighted by molar-refractivity contribution is 0.0953. The third-order valence-corrected chi connectivity index (χ3v) is 5.51. The Balaban J connectivity index is 2.21. The van der Waals surface area contributed by atoms with Crippen LogP contribution in [-0.2, 0) is 10.0 Å². The topological polar surface area (TPSA) is 66.5 Å². The lowest BCUT2D eigenvalue weighted by atomic mass is 10.2. The summed E-state index contributed by atoms with van der Waals surface area (Å²) in [6.45, 7) is 4.50. The molecule has 1 N–H and O–H groups in total. The summed E-state index contributed by atoms with van der Waals surface area (Å²) in [6.07, 6.45) is 0.862. The molecule has 0 saturated heterocycles. The van der Waals surface area contributed by atoms with E-state index < -0.39 is 10.0 Å². The summed E-state index contributed by atoms with van der Waals surface area (Å²) in [5.41, 5.74) is 2.01. The lowest BCUT2D eigenvalue weighted by Gasteiger charge is -2.20. The molecule has 1 amide bonds. The number of nitrogens with zero attached hydrogens (tertiary/aromatic N) is 1. The van der Waals surface area contributed by atoms with Gasteiger partial charge in [0.1, 0.15) is 0 Å². The van der Waals surface area contributed by atoms with Crippen LogP contribution in [0, 0.1) is 6.92 Å². The Hall–Kier alpha value is -2.34. The molecular weight excluding hydrogens is 324 g/mol. The van der Waals surface area contributed by atoms with Gasteiger partial charge in [-0.25, -0.2) is 8.42 Å². The van der Waals surface area contributed by atoms with Crippen molar-refractivity contribution >= 4 is 21.6 Å². The highest BCUT2D eigenvalue weighted by atomic mass is 32.2. The number of carbonyl (C=O) groups is 1. The number of hydrogen-bond acceptors (Lipinski definition) is 3. The van der Waals surface area contributed by atoms with Crippen LogP contribution in [0.1, 0.15) is 29.3 Å². The van der Waals surface area contributed by atoms with Crippen molar-refractivity contribution in [3.8, 4) is 0 Å². The average Bonchev–Trinajstić information content (AvgIpc) is 2.59. The molecule has 0 aromatic heterocycles. The molecule has 24 heavy (non-hydrogen) atoms. The van der Waals surface area contributed by atoms with Crippen LogP contribution in [0.3, 0.4) is 0 Å². The summed E-state index contributed by atoms with van der Waals surface area (Å²) in [5, 5.41) is 2.79. The molecule has 2 aromatic carbocycles. The van der Waals surface area contributed by atoms with Crippen molar-refractivity contribution in [2.45, 2.75) is 25.2 Å². The van der Waals surface area contributed by atoms with E-state index in [1.165, 1.54) is 11.4 Å². The number of nitrogens with one attached hydrogen (secondary N) is 1. The van der Waals surface area contributed by atoms with Crippen LogP contribution in [-0.4, -0.2) is 27.9 Å². The number of aryl methyl sites for hydroxylation is 1. The van der Waals surface area contributed by atoms with E-state index in [1.807, 2.05) is 13.8 Å². The monoisotopic (exact) mass is 346 g/mol. The van der Waals surface area contributed by atoms with Crippen molar-refractivity contribution in [3.05, 3.63) is 59.7 Å². The Bertz CT molecular complexity index is 797. The van der Waals surface area contributed by atoms with Gasteiger partial charge in [0.15, 0.2) is 0 Å². The maximum Gasteiger partial charge on any atom is 0.264 e. The SMILES string of the molecule is CCCNC(=O)c1ccc(N(C)S(=O)(=O)c2ccc(C)cc2)cc1. The van der Waals surface area contributed by atoms with E-state index in [9.17, 15) is 13.2 Å². The highest BCUT2D eigenvalue weighted by Gasteiger charge is 2.21. The fraction of sp³-hybridized carbons (Fsp3) is 0.278. The fourth-order valence-corrected chi connectivity index (χ4v) is 3.37. The second-order valence-electron chi connectivity index (χ2n) is 5.59. The van der Waals surface area contributed by atoms with Crippen LogP contribution in [0.5, 0.6) is 0 Å². The Labute approximate surface area is 143 Å². The van der Waals surface area contributed by atoms with Crippen LogP contribution in [0.15, 0.2) is 53.4 Å². The fourth-order valence-electron chi connectivity index (χ4n) is 2.17. The summed E-state index contributed by atoms with van der Waals surface area (Å²) in [7, 11) is -2.12. The van der Waals surface area contributed by atoms with Gasteiger partial charge in [0, 0.05) is 19.2 Å². The Kier molecular flexibility index (Phi) is 5.62. The second-order valence-corrected chi connectivity index (χ2v) is 7.56. The first kappa shape index (κ1) is 18.0. The highest BCUT2D eigenvalue weighted by molar-refractivity contribution is 7.92. The zero-order valence-corrected chi connectivity index (χ0v) is 14.9. The molecule has 0 atom stereocenters. The molecule has 2 rings (SSSR count). The number of rotatable bonds is 6. The van der Waals surface area contributed by atoms with Gasteiger partial charge in [-0.05, 0) is 49.7 Å². The first-order valence-corrected chi connectivity index (χ1v) is 9.24. The van der Waals surface area contributed by atoms with Crippen LogP contribution >= 0.6 is 0 Å². The smallest absolute Gasteiger partial charge is 0.264 e. The van der Waals surface area contributed by atoms with E-state index in [0.29, 0.717) is 17.8 Å². The summed E-state index contributed by atoms with van der Waals surface area (Å²) in [5.74, 6) is -0.160. The van der Waals surface area contributed by atoms with E-state index in [1.54, 1.807) is 48.5 Å². The third-order valence-electron chi connectivity index (χ3n) is 3.71. The zero-order chi connectivity index (χ0) is 17.7. The van der Waals surface area contributed by atoms with Gasteiger partial charge < -0.3 is 5.32 Å². The standard InChI is InChI=1S/C18H22N2O3S/c1-4-13-19-18(21)15-7-9-16(10-8-15)20(3)24(22,23)17-11-5-14(2)6-12-17/h5-12H,4,13H2,1-3H3,(H,19,21). The number of amides is 1. The van der Waals surface area contributed by atoms with E-state index in [-0.39, 0.29) is 10.8 Å². The molecule has 0 spiro atoms.